The molecule has 1 aliphatic carbocycles. The second kappa shape index (κ2) is 14.6. The largest absolute Gasteiger partial charge is 0.507 e. The number of benzene rings is 4. The zero-order valence-corrected chi connectivity index (χ0v) is 26.5. The first kappa shape index (κ1) is 31.3. The first-order valence-corrected chi connectivity index (χ1v) is 17.0. The highest BCUT2D eigenvalue weighted by atomic mass is 32.2. The van der Waals surface area contributed by atoms with Gasteiger partial charge in [-0.25, -0.2) is 4.79 Å². The van der Waals surface area contributed by atoms with Gasteiger partial charge in [0.15, 0.2) is 5.43 Å². The Balaban J connectivity index is 1.60. The molecule has 0 radical (unpaired) electrons. The van der Waals surface area contributed by atoms with Gasteiger partial charge in [-0.2, -0.15) is 23.5 Å². The summed E-state index contributed by atoms with van der Waals surface area (Å²) in [5.41, 5.74) is 4.59. The number of aromatic carboxylic acids is 1. The van der Waals surface area contributed by atoms with Gasteiger partial charge in [-0.3, -0.25) is 4.79 Å². The van der Waals surface area contributed by atoms with E-state index in [1.165, 1.54) is 12.1 Å². The lowest BCUT2D eigenvalue weighted by molar-refractivity contribution is 0.0697. The van der Waals surface area contributed by atoms with Crippen LogP contribution in [-0.2, 0) is 6.54 Å². The minimum Gasteiger partial charge on any atom is -0.507 e. The van der Waals surface area contributed by atoms with Gasteiger partial charge in [-0.15, -0.1) is 0 Å². The normalized spacial score (nSPS) is 11.2. The number of nitrogens with one attached hydrogen (secondary N) is 1. The minimum atomic E-state index is -1.06. The molecule has 7 nitrogen and oxygen atoms in total. The molecule has 5 rings (SSSR count). The highest BCUT2D eigenvalue weighted by molar-refractivity contribution is 7.99. The number of para-hydroxylation sites is 2. The quantitative estimate of drug-likeness (QED) is 0.0837. The van der Waals surface area contributed by atoms with E-state index >= 15 is 0 Å². The third-order valence-corrected chi connectivity index (χ3v) is 9.25. The van der Waals surface area contributed by atoms with Crippen LogP contribution in [0, 0.1) is 0 Å². The molecule has 0 amide bonds. The average molecular weight is 629 g/mol. The Morgan fingerprint density at radius 2 is 1.59 bits per heavy atom. The minimum absolute atomic E-state index is 0.0388. The summed E-state index contributed by atoms with van der Waals surface area (Å²) in [4.78, 5) is 27.0. The SMILES string of the molecule is CCSCCN(CCSCC)c1ccccc1NCc1c(O)ccc2c(-c3ccccc3C(=O)O)c3ccc(=O)cc-3oc12. The summed E-state index contributed by atoms with van der Waals surface area (Å²) in [6.45, 7) is 6.43. The lowest BCUT2D eigenvalue weighted by Crippen LogP contribution is -2.29. The van der Waals surface area contributed by atoms with Gasteiger partial charge in [0.2, 0.25) is 0 Å². The third-order valence-electron chi connectivity index (χ3n) is 7.49. The molecule has 0 saturated carbocycles. The van der Waals surface area contributed by atoms with Crippen molar-refractivity contribution in [3.05, 3.63) is 100 Å². The molecular weight excluding hydrogens is 593 g/mol. The van der Waals surface area contributed by atoms with E-state index in [2.05, 4.69) is 30.1 Å². The van der Waals surface area contributed by atoms with Crippen molar-refractivity contribution in [2.45, 2.75) is 20.4 Å². The van der Waals surface area contributed by atoms with Gasteiger partial charge in [0.1, 0.15) is 17.1 Å². The lowest BCUT2D eigenvalue weighted by Gasteiger charge is -2.27. The summed E-state index contributed by atoms with van der Waals surface area (Å²) in [7, 11) is 0. The summed E-state index contributed by atoms with van der Waals surface area (Å²) in [5, 5.41) is 25.3. The number of nitrogens with zero attached hydrogens (tertiary/aromatic N) is 1. The smallest absolute Gasteiger partial charge is 0.336 e. The van der Waals surface area contributed by atoms with Crippen LogP contribution >= 0.6 is 23.5 Å². The maximum Gasteiger partial charge on any atom is 0.336 e. The van der Waals surface area contributed by atoms with Crippen LogP contribution in [0.25, 0.3) is 33.4 Å². The van der Waals surface area contributed by atoms with Crippen LogP contribution in [0.1, 0.15) is 29.8 Å². The molecule has 44 heavy (non-hydrogen) atoms. The molecule has 0 fully saturated rings. The average Bonchev–Trinajstić information content (AvgIpc) is 3.03. The van der Waals surface area contributed by atoms with Crippen molar-refractivity contribution in [2.24, 2.45) is 0 Å². The zero-order chi connectivity index (χ0) is 31.1. The second-order valence-electron chi connectivity index (χ2n) is 10.2. The molecule has 3 aromatic rings. The van der Waals surface area contributed by atoms with Crippen LogP contribution in [-0.4, -0.2) is 52.3 Å². The summed E-state index contributed by atoms with van der Waals surface area (Å²) in [5.74, 6) is 3.50. The Labute approximate surface area is 265 Å². The Bertz CT molecular complexity index is 1780. The van der Waals surface area contributed by atoms with Crippen LogP contribution in [0.15, 0.2) is 88.1 Å². The van der Waals surface area contributed by atoms with Gasteiger partial charge in [0.25, 0.3) is 0 Å². The summed E-state index contributed by atoms with van der Waals surface area (Å²) >= 11 is 3.84. The number of anilines is 2. The Morgan fingerprint density at radius 1 is 0.886 bits per heavy atom. The number of phenolic OH excluding ortho intramolecular Hbond substituents is 1. The van der Waals surface area contributed by atoms with E-state index in [9.17, 15) is 19.8 Å². The fraction of sp³-hybridized carbons (Fsp3) is 0.257. The maximum atomic E-state index is 12.4. The van der Waals surface area contributed by atoms with E-state index in [-0.39, 0.29) is 23.3 Å². The van der Waals surface area contributed by atoms with Crippen molar-refractivity contribution < 1.29 is 19.4 Å². The van der Waals surface area contributed by atoms with Gasteiger partial charge < -0.3 is 24.8 Å². The molecule has 0 unspecified atom stereocenters. The molecule has 0 aromatic heterocycles. The molecule has 3 N–H and O–H groups in total. The molecule has 0 saturated heterocycles. The number of thioether (sulfide) groups is 2. The Morgan fingerprint density at radius 3 is 2.32 bits per heavy atom. The van der Waals surface area contributed by atoms with Crippen molar-refractivity contribution >= 4 is 51.8 Å². The number of fused-ring (bicyclic) bond motifs is 2. The van der Waals surface area contributed by atoms with Crippen LogP contribution < -0.4 is 15.6 Å². The molecule has 0 atom stereocenters. The molecule has 1 heterocycles. The van der Waals surface area contributed by atoms with E-state index < -0.39 is 5.97 Å². The number of hydrogen-bond acceptors (Lipinski definition) is 8. The predicted octanol–water partition coefficient (Wildman–Crippen LogP) is 7.89. The van der Waals surface area contributed by atoms with Crippen molar-refractivity contribution in [1.29, 1.82) is 0 Å². The van der Waals surface area contributed by atoms with Crippen molar-refractivity contribution in [3.63, 3.8) is 0 Å². The fourth-order valence-corrected chi connectivity index (χ4v) is 6.68. The van der Waals surface area contributed by atoms with Crippen LogP contribution in [0.4, 0.5) is 11.4 Å². The van der Waals surface area contributed by atoms with Gasteiger partial charge in [-0.1, -0.05) is 44.2 Å². The summed E-state index contributed by atoms with van der Waals surface area (Å²) in [6, 6.07) is 22.8. The molecule has 3 aromatic carbocycles. The van der Waals surface area contributed by atoms with E-state index in [4.69, 9.17) is 4.42 Å². The van der Waals surface area contributed by atoms with Gasteiger partial charge in [0, 0.05) is 53.7 Å². The predicted molar refractivity (Wildman–Crippen MR) is 185 cm³/mol. The number of carboxylic acid groups (broad SMARTS) is 1. The van der Waals surface area contributed by atoms with Crippen molar-refractivity contribution in [3.8, 4) is 28.2 Å². The van der Waals surface area contributed by atoms with Gasteiger partial charge in [0.05, 0.1) is 22.5 Å². The van der Waals surface area contributed by atoms with Crippen LogP contribution in [0.5, 0.6) is 5.75 Å². The standard InChI is InChI=1S/C35H36N2O5S2/c1-3-43-19-17-37(18-20-44-4-2)30-12-8-7-11-29(30)36-22-28-31(39)16-15-27-33(24-9-5-6-10-25(24)35(40)41)26-14-13-23(38)21-32(26)42-34(27)28/h5-16,21,36,39H,3-4,17-20,22H2,1-2H3,(H,40,41). The lowest BCUT2D eigenvalue weighted by atomic mass is 9.90. The second-order valence-corrected chi connectivity index (χ2v) is 13.0. The van der Waals surface area contributed by atoms with Gasteiger partial charge >= 0.3 is 5.97 Å². The topological polar surface area (TPSA) is 103 Å². The maximum absolute atomic E-state index is 12.4. The van der Waals surface area contributed by atoms with Crippen LogP contribution in [0.3, 0.4) is 0 Å². The molecule has 2 aliphatic rings. The van der Waals surface area contributed by atoms with E-state index in [1.807, 2.05) is 41.7 Å². The Hall–Kier alpha value is -4.08. The summed E-state index contributed by atoms with van der Waals surface area (Å²) < 4.78 is 6.34. The highest BCUT2D eigenvalue weighted by Gasteiger charge is 2.24. The third kappa shape index (κ3) is 6.84. The zero-order valence-electron chi connectivity index (χ0n) is 24.8. The molecule has 1 aliphatic heterocycles. The molecular formula is C35H36N2O5S2. The molecule has 228 valence electrons. The number of rotatable bonds is 14. The number of carbonyl (C=O) groups is 1. The number of aromatic hydroxyl groups is 1. The van der Waals surface area contributed by atoms with Crippen molar-refractivity contribution in [2.75, 3.05) is 46.3 Å². The Kier molecular flexibility index (Phi) is 10.4. The number of phenols is 1. The monoisotopic (exact) mass is 628 g/mol. The van der Waals surface area contributed by atoms with Crippen molar-refractivity contribution in [1.82, 2.24) is 0 Å². The van der Waals surface area contributed by atoms with E-state index in [1.54, 1.807) is 42.5 Å². The first-order chi connectivity index (χ1) is 21.4. The van der Waals surface area contributed by atoms with Crippen LogP contribution in [0.2, 0.25) is 0 Å². The number of hydrogen-bond donors (Lipinski definition) is 3. The molecule has 0 bridgehead atoms. The molecule has 0 spiro atoms. The van der Waals surface area contributed by atoms with Gasteiger partial charge in [-0.05, 0) is 59.5 Å². The number of carboxylic acids is 1. The molecule has 9 heteroatoms. The highest BCUT2D eigenvalue weighted by Crippen LogP contribution is 2.43. The summed E-state index contributed by atoms with van der Waals surface area (Å²) in [6.07, 6.45) is 0. The van der Waals surface area contributed by atoms with E-state index in [0.29, 0.717) is 39.0 Å². The fourth-order valence-electron chi connectivity index (χ4n) is 5.40. The van der Waals surface area contributed by atoms with E-state index in [0.717, 1.165) is 47.5 Å². The first-order valence-electron chi connectivity index (χ1n) is 14.7.